The number of hydrogen-bond acceptors (Lipinski definition) is 0. The first-order chi connectivity index (χ1) is 65.1. The van der Waals surface area contributed by atoms with Gasteiger partial charge in [0, 0.05) is 100 Å². The zero-order valence-electron chi connectivity index (χ0n) is 90.7. The second-order valence-electron chi connectivity index (χ2n) is 44.7. The van der Waals surface area contributed by atoms with Crippen molar-refractivity contribution in [3.63, 3.8) is 0 Å². The number of rotatable bonds is 18. The lowest BCUT2D eigenvalue weighted by molar-refractivity contribution is 0.838. The monoisotopic (exact) mass is 1910 g/mol. The third kappa shape index (κ3) is 24.0. The minimum atomic E-state index is -2.01. The molecule has 0 atom stereocenters. The van der Waals surface area contributed by atoms with Crippen molar-refractivity contribution in [1.82, 2.24) is 0 Å². The fourth-order valence-corrected chi connectivity index (χ4v) is 55.5. The maximum Gasteiger partial charge on any atom is 0.146 e. The Morgan fingerprint density at radius 2 is 0.196 bits per heavy atom. The van der Waals surface area contributed by atoms with Crippen molar-refractivity contribution in [2.75, 3.05) is 0 Å². The Labute approximate surface area is 845 Å². The highest BCUT2D eigenvalue weighted by atomic mass is 28.3. The summed E-state index contributed by atoms with van der Waals surface area (Å²) in [5.74, 6) is 67.0. The van der Waals surface area contributed by atoms with Crippen molar-refractivity contribution in [1.29, 1.82) is 0 Å². The summed E-state index contributed by atoms with van der Waals surface area (Å²) in [6.07, 6.45) is 0. The van der Waals surface area contributed by atoms with Crippen LogP contribution in [0.5, 0.6) is 0 Å². The number of benzene rings is 10. The van der Waals surface area contributed by atoms with Gasteiger partial charge in [0.15, 0.2) is 0 Å². The van der Waals surface area contributed by atoms with Gasteiger partial charge in [-0.1, -0.05) is 356 Å². The van der Waals surface area contributed by atoms with Crippen molar-refractivity contribution in [3.05, 3.63) is 282 Å². The summed E-state index contributed by atoms with van der Waals surface area (Å²) in [5, 5.41) is 5.89. The smallest absolute Gasteiger partial charge is 0.125 e. The Kier molecular flexibility index (Phi) is 37.0. The lowest BCUT2D eigenvalue weighted by Crippen LogP contribution is -2.43. The normalized spacial score (nSPS) is 12.0. The van der Waals surface area contributed by atoms with Crippen LogP contribution in [-0.4, -0.2) is 48.4 Å². The molecule has 0 amide bonds. The van der Waals surface area contributed by atoms with Gasteiger partial charge in [-0.3, -0.25) is 0 Å². The second-order valence-corrected chi connectivity index (χ2v) is 78.2. The molecule has 708 valence electrons. The summed E-state index contributed by atoms with van der Waals surface area (Å²) in [4.78, 5) is 0. The lowest BCUT2D eigenvalue weighted by Gasteiger charge is -2.38. The SMILES string of the molecule is CC(C)[Si](C#Cc1ccc(C#Cc2cc3c4cc(C#Cc5ccc(C#C[Si](C(C)C)(C(C)C)C(C)C)cc5)c(C#Cc5ccc(C#C[Si](C(C)C)(C(C)C)C(C)C)cc5)cc4c4cc(C#Cc5ccc(C#C[Si](C(C)C)(C(C)C)C(C)C)cc5)c(C#Cc5ccc(C#C[Si](C(C)C)(C(C)C)C(C)C)cc5)cc4c3cc2C#Cc2ccc(C#C[Si](C(C)C)(C(C)C)C(C)C)cc2)cc1)(C(C)C)C(C)C. The van der Waals surface area contributed by atoms with E-state index in [0.29, 0.717) is 99.7 Å². The molecule has 0 saturated carbocycles. The molecule has 0 radical (unpaired) electrons. The molecule has 0 nitrogen and oxygen atoms in total. The van der Waals surface area contributed by atoms with Gasteiger partial charge in [-0.15, -0.1) is 33.3 Å². The van der Waals surface area contributed by atoms with Gasteiger partial charge in [0.2, 0.25) is 0 Å². The van der Waals surface area contributed by atoms with E-state index >= 15 is 0 Å². The van der Waals surface area contributed by atoms with Crippen LogP contribution in [0, 0.1) is 140 Å². The van der Waals surface area contributed by atoms with E-state index in [1.54, 1.807) is 0 Å². The molecular formula is C132H156Si6. The van der Waals surface area contributed by atoms with E-state index < -0.39 is 48.4 Å². The van der Waals surface area contributed by atoms with Crippen molar-refractivity contribution in [2.24, 2.45) is 0 Å². The lowest BCUT2D eigenvalue weighted by atomic mass is 9.87. The van der Waals surface area contributed by atoms with Crippen LogP contribution in [0.3, 0.4) is 0 Å². The van der Waals surface area contributed by atoms with E-state index in [9.17, 15) is 0 Å². The van der Waals surface area contributed by atoms with Gasteiger partial charge in [0.25, 0.3) is 0 Å². The van der Waals surface area contributed by atoms with Crippen molar-refractivity contribution >= 4 is 80.8 Å². The highest BCUT2D eigenvalue weighted by Crippen LogP contribution is 2.48. The molecule has 0 aliphatic heterocycles. The van der Waals surface area contributed by atoms with E-state index in [1.165, 1.54) is 0 Å². The van der Waals surface area contributed by atoms with Gasteiger partial charge < -0.3 is 0 Å². The molecule has 10 rings (SSSR count). The Morgan fingerprint density at radius 1 is 0.116 bits per heavy atom. The molecule has 0 aromatic heterocycles. The van der Waals surface area contributed by atoms with Gasteiger partial charge >= 0.3 is 0 Å². The Balaban J connectivity index is 1.34. The van der Waals surface area contributed by atoms with Crippen LogP contribution in [0.4, 0.5) is 0 Å². The molecule has 0 aliphatic carbocycles. The number of fused-ring (bicyclic) bond motifs is 6. The van der Waals surface area contributed by atoms with Gasteiger partial charge in [0.05, 0.1) is 0 Å². The highest BCUT2D eigenvalue weighted by molar-refractivity contribution is 6.93. The first-order valence-corrected chi connectivity index (χ1v) is 65.0. The summed E-state index contributed by atoms with van der Waals surface area (Å²) < 4.78 is 0. The summed E-state index contributed by atoms with van der Waals surface area (Å²) in [6, 6.07) is 64.8. The maximum atomic E-state index is 3.96. The first-order valence-electron chi connectivity index (χ1n) is 51.6. The third-order valence-electron chi connectivity index (χ3n) is 31.4. The molecular weight excluding hydrogens is 1750 g/mol. The van der Waals surface area contributed by atoms with Crippen LogP contribution < -0.4 is 0 Å². The molecule has 0 fully saturated rings. The van der Waals surface area contributed by atoms with Crippen LogP contribution in [0.15, 0.2) is 182 Å². The van der Waals surface area contributed by atoms with Crippen LogP contribution in [0.2, 0.25) is 99.7 Å². The molecule has 0 saturated heterocycles. The molecule has 10 aromatic rings. The van der Waals surface area contributed by atoms with Crippen molar-refractivity contribution in [2.45, 2.75) is 349 Å². The standard InChI is InChI=1S/C132H156Si6/c1-91(2)133(92(3)4,93(5)6)79-73-115-49-37-109(38-50-115)61-67-121-85-127-128(86-122(121)68-62-110-39-51-116(52-40-110)74-80-134(94(7)8,95(9)10)96(11)12)130-88-124(70-64-112-43-55-118(56-44-112)76-82-136(100(19)20,101(21)22)102(23)24)126(72-66-114-47-59-120(60-48-114)78-84-138(106(31)32,107(33)34)108(35)36)90-132(130)131-89-125(71-65-113-45-57-119(58-46-113)77-83-137(103(25)26,104(27)28)105(29)30)123(87-129(127)131)69-63-111-41-53-117(54-42-111)75-81-135(97(13)14,98(15)16)99(17)18/h37-60,85-108H,1-36H3. The molecule has 0 N–H and O–H groups in total. The summed E-state index contributed by atoms with van der Waals surface area (Å²) in [7, 11) is -12.0. The zero-order chi connectivity index (χ0) is 101. The Hall–Kier alpha value is -11.0. The molecule has 0 aliphatic rings. The minimum absolute atomic E-state index is 0.517. The first kappa shape index (κ1) is 109. The molecule has 0 spiro atoms. The van der Waals surface area contributed by atoms with Crippen LogP contribution >= 0.6 is 0 Å². The van der Waals surface area contributed by atoms with E-state index in [-0.39, 0.29) is 0 Å². The maximum absolute atomic E-state index is 3.96. The topological polar surface area (TPSA) is 0 Å². The van der Waals surface area contributed by atoms with Gasteiger partial charge in [-0.05, 0) is 314 Å². The van der Waals surface area contributed by atoms with Crippen molar-refractivity contribution < 1.29 is 0 Å². The molecule has 6 heteroatoms. The van der Waals surface area contributed by atoms with Crippen LogP contribution in [0.1, 0.15) is 349 Å². The summed E-state index contributed by atoms with van der Waals surface area (Å²) >= 11 is 0. The predicted octanol–water partition coefficient (Wildman–Crippen LogP) is 35.0. The molecule has 0 heterocycles. The average Bonchev–Trinajstić information content (AvgIpc) is 0.721. The number of hydrogen-bond donors (Lipinski definition) is 0. The summed E-state index contributed by atoms with van der Waals surface area (Å²) in [5.41, 5.74) is 49.1. The van der Waals surface area contributed by atoms with E-state index in [1.807, 2.05) is 0 Å². The van der Waals surface area contributed by atoms with E-state index in [0.717, 1.165) is 132 Å². The van der Waals surface area contributed by atoms with Crippen LogP contribution in [0.25, 0.3) is 32.3 Å². The van der Waals surface area contributed by atoms with Gasteiger partial charge in [0.1, 0.15) is 48.4 Å². The predicted molar refractivity (Wildman–Crippen MR) is 621 cm³/mol. The minimum Gasteiger partial charge on any atom is -0.125 e. The fourth-order valence-electron chi connectivity index (χ4n) is 24.1. The highest BCUT2D eigenvalue weighted by Gasteiger charge is 2.47. The quantitative estimate of drug-likeness (QED) is 0.0456. The molecule has 0 unspecified atom stereocenters. The zero-order valence-corrected chi connectivity index (χ0v) is 96.7. The third-order valence-corrected chi connectivity index (χ3v) is 69.2. The largest absolute Gasteiger partial charge is 0.146 e. The summed E-state index contributed by atoms with van der Waals surface area (Å²) in [6.45, 7) is 85.4. The van der Waals surface area contributed by atoms with Crippen molar-refractivity contribution in [3.8, 4) is 140 Å². The molecule has 10 aromatic carbocycles. The Morgan fingerprint density at radius 3 is 0.275 bits per heavy atom. The second kappa shape index (κ2) is 46.8. The van der Waals surface area contributed by atoms with Crippen LogP contribution in [-0.2, 0) is 0 Å². The van der Waals surface area contributed by atoms with Gasteiger partial charge in [-0.25, -0.2) is 0 Å². The fraction of sp³-hybridized carbons (Fsp3) is 0.409. The average molecular weight is 1910 g/mol. The van der Waals surface area contributed by atoms with E-state index in [2.05, 4.69) is 571 Å². The molecule has 138 heavy (non-hydrogen) atoms. The van der Waals surface area contributed by atoms with Gasteiger partial charge in [-0.2, -0.15) is 0 Å². The molecule has 0 bridgehead atoms. The Bertz CT molecular complexity index is 5650. The van der Waals surface area contributed by atoms with E-state index in [4.69, 9.17) is 0 Å².